The van der Waals surface area contributed by atoms with Gasteiger partial charge in [-0.2, -0.15) is 4.99 Å². The summed E-state index contributed by atoms with van der Waals surface area (Å²) in [5.74, 6) is -2.43. The molecule has 4 aliphatic carbocycles. The molecule has 0 radical (unpaired) electrons. The molecular weight excluding hydrogens is 422 g/mol. The van der Waals surface area contributed by atoms with E-state index in [1.807, 2.05) is 24.3 Å². The number of carbonyl (C=O) groups excluding carboxylic acids is 5. The second-order valence-electron chi connectivity index (χ2n) is 9.93. The van der Waals surface area contributed by atoms with Gasteiger partial charge in [0, 0.05) is 0 Å². The lowest BCUT2D eigenvalue weighted by atomic mass is 9.85. The number of anilines is 2. The molecule has 8 heteroatoms. The Labute approximate surface area is 188 Å². The molecule has 2 heterocycles. The van der Waals surface area contributed by atoms with Gasteiger partial charge in [0.25, 0.3) is 0 Å². The third kappa shape index (κ3) is 2.26. The van der Waals surface area contributed by atoms with Gasteiger partial charge < -0.3 is 0 Å². The third-order valence-corrected chi connectivity index (χ3v) is 8.52. The van der Waals surface area contributed by atoms with E-state index in [0.717, 1.165) is 22.6 Å². The Kier molecular flexibility index (Phi) is 3.57. The van der Waals surface area contributed by atoms with Crippen molar-refractivity contribution in [1.29, 1.82) is 0 Å². The van der Waals surface area contributed by atoms with Crippen molar-refractivity contribution in [2.24, 2.45) is 52.3 Å². The fourth-order valence-electron chi connectivity index (χ4n) is 7.27. The molecule has 1 aromatic carbocycles. The van der Waals surface area contributed by atoms with Gasteiger partial charge in [-0.25, -0.2) is 14.6 Å². The molecule has 4 amide bonds. The largest absolute Gasteiger partial charge is 0.274 e. The monoisotopic (exact) mass is 441 g/mol. The molecule has 4 fully saturated rings. The molecule has 6 aliphatic rings. The number of carbonyl (C=O) groups is 4. The van der Waals surface area contributed by atoms with Crippen LogP contribution in [0.15, 0.2) is 47.5 Å². The summed E-state index contributed by atoms with van der Waals surface area (Å²) >= 11 is 0. The van der Waals surface area contributed by atoms with Crippen LogP contribution >= 0.6 is 0 Å². The second kappa shape index (κ2) is 6.23. The second-order valence-corrected chi connectivity index (χ2v) is 9.93. The van der Waals surface area contributed by atoms with Gasteiger partial charge in [0.1, 0.15) is 0 Å². The van der Waals surface area contributed by atoms with Gasteiger partial charge in [-0.15, -0.1) is 0 Å². The van der Waals surface area contributed by atoms with Gasteiger partial charge in [-0.05, 0) is 54.7 Å². The fourth-order valence-corrected chi connectivity index (χ4v) is 7.27. The predicted molar refractivity (Wildman–Crippen MR) is 115 cm³/mol. The Morgan fingerprint density at radius 3 is 1.33 bits per heavy atom. The van der Waals surface area contributed by atoms with Crippen LogP contribution < -0.4 is 9.80 Å². The Balaban J connectivity index is 1.30. The standard InChI is InChI=1S/C25H19N3O5/c29-10-26-15-7-16(27-22(30)18-11-1-2-12(5-11)19(18)23(27)31)9-17(8-15)28-24(32)20-13-3-4-14(6-13)21(20)25(28)33/h1-4,7-9,11-14,18-21H,5-6H2. The Morgan fingerprint density at radius 1 is 0.636 bits per heavy atom. The molecule has 33 heavy (non-hydrogen) atoms. The maximum absolute atomic E-state index is 13.3. The van der Waals surface area contributed by atoms with Gasteiger partial charge >= 0.3 is 0 Å². The van der Waals surface area contributed by atoms with Crippen molar-refractivity contribution in [3.63, 3.8) is 0 Å². The lowest BCUT2D eigenvalue weighted by Crippen LogP contribution is -2.35. The lowest BCUT2D eigenvalue weighted by molar-refractivity contribution is -0.124. The number of imide groups is 2. The zero-order chi connectivity index (χ0) is 22.6. The first-order valence-corrected chi connectivity index (χ1v) is 11.3. The van der Waals surface area contributed by atoms with Gasteiger partial charge in [-0.3, -0.25) is 19.2 Å². The van der Waals surface area contributed by atoms with E-state index < -0.39 is 0 Å². The van der Waals surface area contributed by atoms with E-state index in [1.54, 1.807) is 0 Å². The Morgan fingerprint density at radius 2 is 1.00 bits per heavy atom. The summed E-state index contributed by atoms with van der Waals surface area (Å²) in [4.78, 5) is 70.1. The minimum Gasteiger partial charge on any atom is -0.274 e. The van der Waals surface area contributed by atoms with Crippen molar-refractivity contribution in [2.45, 2.75) is 12.8 Å². The smallest absolute Gasteiger partial charge is 0.240 e. The number of fused-ring (bicyclic) bond motifs is 10. The van der Waals surface area contributed by atoms with Crippen molar-refractivity contribution in [3.8, 4) is 0 Å². The first-order chi connectivity index (χ1) is 16.0. The highest BCUT2D eigenvalue weighted by molar-refractivity contribution is 6.25. The summed E-state index contributed by atoms with van der Waals surface area (Å²) in [5.41, 5.74) is 0.586. The number of rotatable bonds is 3. The Hall–Kier alpha value is -3.64. The summed E-state index contributed by atoms with van der Waals surface area (Å²) in [6.45, 7) is 0. The summed E-state index contributed by atoms with van der Waals surface area (Å²) in [6.07, 6.45) is 11.2. The molecule has 1 aromatic rings. The quantitative estimate of drug-likeness (QED) is 0.310. The van der Waals surface area contributed by atoms with E-state index in [2.05, 4.69) is 4.99 Å². The minimum absolute atomic E-state index is 0.0567. The predicted octanol–water partition coefficient (Wildman–Crippen LogP) is 2.28. The number of hydrogen-bond acceptors (Lipinski definition) is 6. The maximum atomic E-state index is 13.3. The van der Waals surface area contributed by atoms with Gasteiger partial charge in [0.05, 0.1) is 40.7 Å². The SMILES string of the molecule is O=C=Nc1cc(N2C(=O)C3C4C=CC(C4)C3C2=O)cc(N2C(=O)C3C4C=CC(C4)C3C2=O)c1. The Bertz CT molecular complexity index is 1140. The molecule has 0 N–H and O–H groups in total. The molecule has 0 spiro atoms. The summed E-state index contributed by atoms with van der Waals surface area (Å²) < 4.78 is 0. The number of allylic oxidation sites excluding steroid dienone is 4. The zero-order valence-corrected chi connectivity index (χ0v) is 17.5. The molecule has 2 saturated carbocycles. The topological polar surface area (TPSA) is 104 Å². The van der Waals surface area contributed by atoms with Crippen molar-refractivity contribution in [2.75, 3.05) is 9.80 Å². The molecule has 0 aromatic heterocycles. The van der Waals surface area contributed by atoms with Crippen LogP contribution in [0.25, 0.3) is 0 Å². The van der Waals surface area contributed by atoms with E-state index in [9.17, 15) is 24.0 Å². The number of amides is 4. The summed E-state index contributed by atoms with van der Waals surface area (Å²) in [6, 6.07) is 4.43. The van der Waals surface area contributed by atoms with Crippen LogP contribution in [0.5, 0.6) is 0 Å². The number of isocyanates is 1. The highest BCUT2D eigenvalue weighted by atomic mass is 16.2. The van der Waals surface area contributed by atoms with Gasteiger partial charge in [-0.1, -0.05) is 24.3 Å². The van der Waals surface area contributed by atoms with Crippen LogP contribution in [0.2, 0.25) is 0 Å². The van der Waals surface area contributed by atoms with E-state index in [0.29, 0.717) is 0 Å². The first kappa shape index (κ1) is 18.9. The maximum Gasteiger partial charge on any atom is 0.240 e. The summed E-state index contributed by atoms with van der Waals surface area (Å²) in [5, 5.41) is 0. The lowest BCUT2D eigenvalue weighted by Gasteiger charge is -2.22. The molecule has 164 valence electrons. The van der Waals surface area contributed by atoms with Crippen LogP contribution in [0.1, 0.15) is 12.8 Å². The van der Waals surface area contributed by atoms with Crippen molar-refractivity contribution >= 4 is 46.8 Å². The van der Waals surface area contributed by atoms with Crippen LogP contribution in [0.4, 0.5) is 17.1 Å². The van der Waals surface area contributed by atoms with E-state index in [1.165, 1.54) is 24.3 Å². The molecule has 8 nitrogen and oxygen atoms in total. The molecule has 2 aliphatic heterocycles. The van der Waals surface area contributed by atoms with Gasteiger partial charge in [0.2, 0.25) is 29.7 Å². The van der Waals surface area contributed by atoms with Crippen LogP contribution in [0.3, 0.4) is 0 Å². The van der Waals surface area contributed by atoms with E-state index >= 15 is 0 Å². The van der Waals surface area contributed by atoms with E-state index in [-0.39, 0.29) is 88.0 Å². The van der Waals surface area contributed by atoms with E-state index in [4.69, 9.17) is 0 Å². The average Bonchev–Trinajstić information content (AvgIpc) is 3.61. The molecule has 8 atom stereocenters. The van der Waals surface area contributed by atoms with Crippen molar-refractivity contribution in [1.82, 2.24) is 0 Å². The van der Waals surface area contributed by atoms with Crippen LogP contribution in [-0.4, -0.2) is 29.7 Å². The van der Waals surface area contributed by atoms with Crippen LogP contribution in [-0.2, 0) is 24.0 Å². The normalized spacial score (nSPS) is 39.2. The zero-order valence-electron chi connectivity index (χ0n) is 17.5. The number of nitrogens with zero attached hydrogens (tertiary/aromatic N) is 3. The van der Waals surface area contributed by atoms with Crippen LogP contribution in [0, 0.1) is 47.3 Å². The van der Waals surface area contributed by atoms with Crippen molar-refractivity contribution in [3.05, 3.63) is 42.5 Å². The molecule has 4 bridgehead atoms. The highest BCUT2D eigenvalue weighted by Crippen LogP contribution is 2.55. The molecular formula is C25H19N3O5. The fraction of sp³-hybridized carbons (Fsp3) is 0.400. The minimum atomic E-state index is -0.384. The van der Waals surface area contributed by atoms with Gasteiger partial charge in [0.15, 0.2) is 0 Å². The molecule has 8 unspecified atom stereocenters. The first-order valence-electron chi connectivity index (χ1n) is 11.3. The van der Waals surface area contributed by atoms with Crippen molar-refractivity contribution < 1.29 is 24.0 Å². The number of benzene rings is 1. The summed E-state index contributed by atoms with van der Waals surface area (Å²) in [7, 11) is 0. The number of aliphatic imine (C=N–C) groups is 1. The third-order valence-electron chi connectivity index (χ3n) is 8.52. The average molecular weight is 441 g/mol. The molecule has 2 saturated heterocycles. The number of hydrogen-bond donors (Lipinski definition) is 0. The molecule has 7 rings (SSSR count). The highest BCUT2D eigenvalue weighted by Gasteiger charge is 2.61.